The van der Waals surface area contributed by atoms with Crippen LogP contribution >= 0.6 is 0 Å². The van der Waals surface area contributed by atoms with E-state index in [0.29, 0.717) is 0 Å². The summed E-state index contributed by atoms with van der Waals surface area (Å²) in [5.74, 6) is -0.766. The summed E-state index contributed by atoms with van der Waals surface area (Å²) in [7, 11) is 0. The number of aliphatic hydroxyl groups is 4. The molecule has 0 spiro atoms. The Morgan fingerprint density at radius 1 is 1.25 bits per heavy atom. The van der Waals surface area contributed by atoms with Crippen LogP contribution in [-0.2, 0) is 9.53 Å². The van der Waals surface area contributed by atoms with Gasteiger partial charge in [0.05, 0.1) is 0 Å². The van der Waals surface area contributed by atoms with Crippen LogP contribution in [0.4, 0.5) is 0 Å². The lowest BCUT2D eigenvalue weighted by molar-refractivity contribution is -0.151. The minimum Gasteiger partial charge on any atom is -0.388 e. The van der Waals surface area contributed by atoms with Crippen molar-refractivity contribution < 1.29 is 30.0 Å². The molecule has 0 aromatic rings. The molecule has 4 atom stereocenters. The van der Waals surface area contributed by atoms with Crippen LogP contribution in [0.2, 0.25) is 0 Å². The minimum absolute atomic E-state index is 0.766. The molecule has 0 aliphatic carbocycles. The predicted molar refractivity (Wildman–Crippen MR) is 35.0 cm³/mol. The molecule has 12 heavy (non-hydrogen) atoms. The third kappa shape index (κ3) is 1.47. The fourth-order valence-corrected chi connectivity index (χ4v) is 1.02. The van der Waals surface area contributed by atoms with Gasteiger partial charge < -0.3 is 25.2 Å². The Kier molecular flexibility index (Phi) is 2.76. The second-order valence-corrected chi connectivity index (χ2v) is 2.55. The summed E-state index contributed by atoms with van der Waals surface area (Å²) in [5.41, 5.74) is 0. The molecule has 1 saturated heterocycles. The van der Waals surface area contributed by atoms with Gasteiger partial charge in [-0.2, -0.15) is 0 Å². The standard InChI is InChI=1S/C6H10O6/c7-1-2(8)5-3(9)4(10)6(11)12-5/h3-7,9-11H,1H2/t3-,4+,5?,6+/m1/s1. The lowest BCUT2D eigenvalue weighted by Gasteiger charge is -2.10. The fraction of sp³-hybridized carbons (Fsp3) is 0.833. The summed E-state index contributed by atoms with van der Waals surface area (Å²) in [6.45, 7) is -0.791. The van der Waals surface area contributed by atoms with Crippen LogP contribution in [0.5, 0.6) is 0 Å². The molecule has 6 heteroatoms. The highest BCUT2D eigenvalue weighted by Gasteiger charge is 2.44. The first-order valence-corrected chi connectivity index (χ1v) is 3.41. The zero-order valence-electron chi connectivity index (χ0n) is 6.12. The minimum atomic E-state index is -1.57. The van der Waals surface area contributed by atoms with Crippen molar-refractivity contribution in [3.05, 3.63) is 0 Å². The maximum absolute atomic E-state index is 10.8. The number of hydrogen-bond acceptors (Lipinski definition) is 6. The zero-order valence-corrected chi connectivity index (χ0v) is 6.12. The van der Waals surface area contributed by atoms with E-state index in [-0.39, 0.29) is 0 Å². The van der Waals surface area contributed by atoms with E-state index in [2.05, 4.69) is 4.74 Å². The van der Waals surface area contributed by atoms with E-state index in [4.69, 9.17) is 20.4 Å². The number of ketones is 1. The van der Waals surface area contributed by atoms with Crippen LogP contribution in [0.3, 0.4) is 0 Å². The third-order valence-corrected chi connectivity index (χ3v) is 1.71. The Balaban J connectivity index is 2.64. The van der Waals surface area contributed by atoms with Crippen LogP contribution in [-0.4, -0.2) is 57.4 Å². The molecule has 1 aliphatic heterocycles. The molecule has 0 amide bonds. The quantitative estimate of drug-likeness (QED) is 0.358. The van der Waals surface area contributed by atoms with Gasteiger partial charge in [-0.1, -0.05) is 0 Å². The van der Waals surface area contributed by atoms with E-state index in [1.807, 2.05) is 0 Å². The molecule has 1 aliphatic rings. The van der Waals surface area contributed by atoms with Crippen molar-refractivity contribution in [1.29, 1.82) is 0 Å². The smallest absolute Gasteiger partial charge is 0.189 e. The van der Waals surface area contributed by atoms with Gasteiger partial charge >= 0.3 is 0 Å². The molecule has 0 bridgehead atoms. The SMILES string of the molecule is O=C(CO)C1O[C@H](O)[C@@H](O)[C@H]1O. The number of carbonyl (C=O) groups is 1. The van der Waals surface area contributed by atoms with Gasteiger partial charge in [0.2, 0.25) is 0 Å². The first-order valence-electron chi connectivity index (χ1n) is 3.41. The second kappa shape index (κ2) is 3.46. The fourth-order valence-electron chi connectivity index (χ4n) is 1.02. The number of Topliss-reactive ketones (excluding diaryl/α,β-unsaturated/α-hetero) is 1. The van der Waals surface area contributed by atoms with E-state index in [9.17, 15) is 4.79 Å². The van der Waals surface area contributed by atoms with Gasteiger partial charge in [-0.15, -0.1) is 0 Å². The number of ether oxygens (including phenoxy) is 1. The molecule has 0 radical (unpaired) electrons. The molecule has 1 heterocycles. The van der Waals surface area contributed by atoms with Crippen molar-refractivity contribution >= 4 is 5.78 Å². The van der Waals surface area contributed by atoms with Crippen LogP contribution in [0, 0.1) is 0 Å². The van der Waals surface area contributed by atoms with Crippen LogP contribution in [0.15, 0.2) is 0 Å². The molecule has 0 saturated carbocycles. The number of rotatable bonds is 2. The zero-order chi connectivity index (χ0) is 9.30. The highest BCUT2D eigenvalue weighted by Crippen LogP contribution is 2.19. The van der Waals surface area contributed by atoms with Crippen LogP contribution < -0.4 is 0 Å². The third-order valence-electron chi connectivity index (χ3n) is 1.71. The van der Waals surface area contributed by atoms with E-state index in [1.54, 1.807) is 0 Å². The largest absolute Gasteiger partial charge is 0.388 e. The molecule has 1 fully saturated rings. The number of hydrogen-bond donors (Lipinski definition) is 4. The van der Waals surface area contributed by atoms with Gasteiger partial charge in [0.1, 0.15) is 24.9 Å². The summed E-state index contributed by atoms with van der Waals surface area (Å²) < 4.78 is 4.48. The molecule has 1 rings (SSSR count). The molecule has 0 aromatic heterocycles. The van der Waals surface area contributed by atoms with Crippen molar-refractivity contribution in [2.75, 3.05) is 6.61 Å². The molecule has 6 nitrogen and oxygen atoms in total. The highest BCUT2D eigenvalue weighted by atomic mass is 16.6. The Morgan fingerprint density at radius 3 is 2.17 bits per heavy atom. The Bertz CT molecular complexity index is 181. The van der Waals surface area contributed by atoms with Crippen LogP contribution in [0.25, 0.3) is 0 Å². The topological polar surface area (TPSA) is 107 Å². The van der Waals surface area contributed by atoms with Gasteiger partial charge in [-0.05, 0) is 0 Å². The maximum atomic E-state index is 10.8. The monoisotopic (exact) mass is 178 g/mol. The summed E-state index contributed by atoms with van der Waals surface area (Å²) in [6, 6.07) is 0. The van der Waals surface area contributed by atoms with Gasteiger partial charge in [-0.25, -0.2) is 0 Å². The lowest BCUT2D eigenvalue weighted by Crippen LogP contribution is -2.37. The van der Waals surface area contributed by atoms with Gasteiger partial charge in [0, 0.05) is 0 Å². The van der Waals surface area contributed by atoms with Crippen molar-refractivity contribution in [3.8, 4) is 0 Å². The van der Waals surface area contributed by atoms with Crippen molar-refractivity contribution in [1.82, 2.24) is 0 Å². The first kappa shape index (κ1) is 9.56. The molecular formula is C6H10O6. The van der Waals surface area contributed by atoms with E-state index in [1.165, 1.54) is 0 Å². The lowest BCUT2D eigenvalue weighted by atomic mass is 10.1. The number of carbonyl (C=O) groups excluding carboxylic acids is 1. The molecule has 1 unspecified atom stereocenters. The van der Waals surface area contributed by atoms with E-state index in [0.717, 1.165) is 0 Å². The first-order chi connectivity index (χ1) is 5.57. The number of aliphatic hydroxyl groups excluding tert-OH is 4. The van der Waals surface area contributed by atoms with Crippen molar-refractivity contribution in [2.45, 2.75) is 24.6 Å². The van der Waals surface area contributed by atoms with Gasteiger partial charge in [0.25, 0.3) is 0 Å². The predicted octanol–water partition coefficient (Wildman–Crippen LogP) is -3.01. The Labute approximate surface area is 68.0 Å². The summed E-state index contributed by atoms with van der Waals surface area (Å²) in [4.78, 5) is 10.8. The van der Waals surface area contributed by atoms with E-state index >= 15 is 0 Å². The maximum Gasteiger partial charge on any atom is 0.189 e. The van der Waals surface area contributed by atoms with Crippen molar-refractivity contribution in [2.24, 2.45) is 0 Å². The van der Waals surface area contributed by atoms with E-state index < -0.39 is 37.0 Å². The Hall–Kier alpha value is -0.530. The summed E-state index contributed by atoms with van der Waals surface area (Å²) in [6.07, 6.45) is -5.87. The molecule has 0 aromatic carbocycles. The summed E-state index contributed by atoms with van der Waals surface area (Å²) >= 11 is 0. The second-order valence-electron chi connectivity index (χ2n) is 2.55. The normalized spacial score (nSPS) is 41.7. The van der Waals surface area contributed by atoms with Crippen molar-refractivity contribution in [3.63, 3.8) is 0 Å². The van der Waals surface area contributed by atoms with Gasteiger partial charge in [-0.3, -0.25) is 4.79 Å². The highest BCUT2D eigenvalue weighted by molar-refractivity contribution is 5.85. The summed E-state index contributed by atoms with van der Waals surface area (Å²) in [5, 5.41) is 35.2. The average Bonchev–Trinajstić information content (AvgIpc) is 2.32. The molecule has 70 valence electrons. The Morgan fingerprint density at radius 2 is 1.83 bits per heavy atom. The average molecular weight is 178 g/mol. The van der Waals surface area contributed by atoms with Gasteiger partial charge in [0.15, 0.2) is 12.1 Å². The van der Waals surface area contributed by atoms with Crippen LogP contribution in [0.1, 0.15) is 0 Å². The molecular weight excluding hydrogens is 168 g/mol. The molecule has 4 N–H and O–H groups in total.